The van der Waals surface area contributed by atoms with Crippen molar-refractivity contribution in [1.82, 2.24) is 9.55 Å². The van der Waals surface area contributed by atoms with E-state index in [2.05, 4.69) is 22.8 Å². The van der Waals surface area contributed by atoms with E-state index < -0.39 is 0 Å². The lowest BCUT2D eigenvalue weighted by Gasteiger charge is -2.25. The standard InChI is InChI=1S/C22H24N2O2/c1-15(25)17-10-13-21-20(14-17)23-22(16-8-11-19(26-2)12-9-16)24(21)18-6-4-3-5-7-18/h8-14,18H,3-7H2,1-2H3. The van der Waals surface area contributed by atoms with E-state index in [4.69, 9.17) is 9.72 Å². The van der Waals surface area contributed by atoms with Gasteiger partial charge in [-0.05, 0) is 62.2 Å². The van der Waals surface area contributed by atoms with Crippen LogP contribution < -0.4 is 4.74 Å². The third-order valence-corrected chi connectivity index (χ3v) is 5.38. The van der Waals surface area contributed by atoms with Gasteiger partial charge in [0.25, 0.3) is 0 Å². The molecule has 26 heavy (non-hydrogen) atoms. The molecule has 0 saturated heterocycles. The van der Waals surface area contributed by atoms with Crippen molar-refractivity contribution in [3.63, 3.8) is 0 Å². The van der Waals surface area contributed by atoms with Crippen LogP contribution in [0.25, 0.3) is 22.4 Å². The second-order valence-electron chi connectivity index (χ2n) is 7.09. The van der Waals surface area contributed by atoms with Gasteiger partial charge in [0, 0.05) is 17.2 Å². The number of hydrogen-bond donors (Lipinski definition) is 0. The summed E-state index contributed by atoms with van der Waals surface area (Å²) in [7, 11) is 1.68. The molecule has 4 rings (SSSR count). The summed E-state index contributed by atoms with van der Waals surface area (Å²) in [6, 6.07) is 14.4. The molecule has 0 unspecified atom stereocenters. The minimum absolute atomic E-state index is 0.0742. The summed E-state index contributed by atoms with van der Waals surface area (Å²) in [4.78, 5) is 16.7. The summed E-state index contributed by atoms with van der Waals surface area (Å²) in [6.45, 7) is 1.60. The smallest absolute Gasteiger partial charge is 0.159 e. The molecular formula is C22H24N2O2. The molecule has 0 radical (unpaired) electrons. The molecule has 0 amide bonds. The van der Waals surface area contributed by atoms with Crippen molar-refractivity contribution in [1.29, 1.82) is 0 Å². The largest absolute Gasteiger partial charge is 0.497 e. The lowest BCUT2D eigenvalue weighted by atomic mass is 9.94. The maximum atomic E-state index is 11.8. The van der Waals surface area contributed by atoms with E-state index in [-0.39, 0.29) is 5.78 Å². The first-order valence-electron chi connectivity index (χ1n) is 9.35. The van der Waals surface area contributed by atoms with Crippen LogP contribution in [0.1, 0.15) is 55.4 Å². The summed E-state index contributed by atoms with van der Waals surface area (Å²) in [6.07, 6.45) is 6.21. The second kappa shape index (κ2) is 6.94. The molecule has 0 N–H and O–H groups in total. The Morgan fingerprint density at radius 3 is 2.46 bits per heavy atom. The third-order valence-electron chi connectivity index (χ3n) is 5.38. The van der Waals surface area contributed by atoms with Gasteiger partial charge in [0.15, 0.2) is 5.78 Å². The number of rotatable bonds is 4. The van der Waals surface area contributed by atoms with Crippen LogP contribution in [0.2, 0.25) is 0 Å². The Balaban J connectivity index is 1.89. The molecule has 1 heterocycles. The molecule has 1 saturated carbocycles. The van der Waals surface area contributed by atoms with Crippen LogP contribution >= 0.6 is 0 Å². The van der Waals surface area contributed by atoms with Gasteiger partial charge in [0.05, 0.1) is 18.1 Å². The molecule has 134 valence electrons. The maximum Gasteiger partial charge on any atom is 0.159 e. The monoisotopic (exact) mass is 348 g/mol. The topological polar surface area (TPSA) is 44.1 Å². The number of carbonyl (C=O) groups is 1. The Labute approximate surface area is 153 Å². The number of Topliss-reactive ketones (excluding diaryl/α,β-unsaturated/α-hetero) is 1. The van der Waals surface area contributed by atoms with E-state index in [1.165, 1.54) is 32.1 Å². The summed E-state index contributed by atoms with van der Waals surface area (Å²) in [5.41, 5.74) is 3.81. The molecule has 1 fully saturated rings. The molecule has 3 aromatic rings. The fraction of sp³-hybridized carbons (Fsp3) is 0.364. The van der Waals surface area contributed by atoms with Gasteiger partial charge in [-0.2, -0.15) is 0 Å². The Bertz CT molecular complexity index is 935. The van der Waals surface area contributed by atoms with Crippen molar-refractivity contribution in [2.45, 2.75) is 45.1 Å². The average molecular weight is 348 g/mol. The zero-order valence-electron chi connectivity index (χ0n) is 15.4. The highest BCUT2D eigenvalue weighted by atomic mass is 16.5. The molecule has 2 aromatic carbocycles. The Kier molecular flexibility index (Phi) is 4.49. The highest BCUT2D eigenvalue weighted by Crippen LogP contribution is 2.36. The van der Waals surface area contributed by atoms with E-state index in [0.717, 1.165) is 28.2 Å². The molecule has 1 aromatic heterocycles. The van der Waals surface area contributed by atoms with Gasteiger partial charge in [0.2, 0.25) is 0 Å². The minimum atomic E-state index is 0.0742. The minimum Gasteiger partial charge on any atom is -0.497 e. The zero-order valence-corrected chi connectivity index (χ0v) is 15.4. The highest BCUT2D eigenvalue weighted by Gasteiger charge is 2.22. The quantitative estimate of drug-likeness (QED) is 0.591. The molecule has 0 bridgehead atoms. The lowest BCUT2D eigenvalue weighted by Crippen LogP contribution is -2.14. The van der Waals surface area contributed by atoms with E-state index >= 15 is 0 Å². The number of ketones is 1. The van der Waals surface area contributed by atoms with Crippen LogP contribution in [0, 0.1) is 0 Å². The predicted octanol–water partition coefficient (Wildman–Crippen LogP) is 5.42. The van der Waals surface area contributed by atoms with E-state index in [0.29, 0.717) is 11.6 Å². The fourth-order valence-corrected chi connectivity index (χ4v) is 3.97. The van der Waals surface area contributed by atoms with Crippen molar-refractivity contribution >= 4 is 16.8 Å². The van der Waals surface area contributed by atoms with Gasteiger partial charge in [-0.25, -0.2) is 4.98 Å². The van der Waals surface area contributed by atoms with Crippen molar-refractivity contribution in [3.8, 4) is 17.1 Å². The van der Waals surface area contributed by atoms with Gasteiger partial charge >= 0.3 is 0 Å². The SMILES string of the molecule is COc1ccc(-c2nc3cc(C(C)=O)ccc3n2C2CCCCC2)cc1. The Morgan fingerprint density at radius 1 is 1.08 bits per heavy atom. The van der Waals surface area contributed by atoms with Crippen LogP contribution in [-0.4, -0.2) is 22.4 Å². The second-order valence-corrected chi connectivity index (χ2v) is 7.09. The van der Waals surface area contributed by atoms with Crippen LogP contribution in [0.5, 0.6) is 5.75 Å². The molecule has 0 aliphatic heterocycles. The lowest BCUT2D eigenvalue weighted by molar-refractivity contribution is 0.101. The highest BCUT2D eigenvalue weighted by molar-refractivity contribution is 5.97. The number of ether oxygens (including phenoxy) is 1. The van der Waals surface area contributed by atoms with Gasteiger partial charge in [0.1, 0.15) is 11.6 Å². The molecule has 0 atom stereocenters. The molecule has 1 aliphatic rings. The third kappa shape index (κ3) is 3.00. The Hall–Kier alpha value is -2.62. The van der Waals surface area contributed by atoms with Gasteiger partial charge in [-0.15, -0.1) is 0 Å². The molecular weight excluding hydrogens is 324 g/mol. The zero-order chi connectivity index (χ0) is 18.1. The van der Waals surface area contributed by atoms with E-state index in [9.17, 15) is 4.79 Å². The average Bonchev–Trinajstić information content (AvgIpc) is 3.07. The number of benzene rings is 2. The van der Waals surface area contributed by atoms with Crippen molar-refractivity contribution in [2.75, 3.05) is 7.11 Å². The first-order valence-corrected chi connectivity index (χ1v) is 9.35. The van der Waals surface area contributed by atoms with Crippen LogP contribution in [-0.2, 0) is 0 Å². The maximum absolute atomic E-state index is 11.8. The first kappa shape index (κ1) is 16.8. The van der Waals surface area contributed by atoms with E-state index in [1.807, 2.05) is 24.3 Å². The number of hydrogen-bond acceptors (Lipinski definition) is 3. The van der Waals surface area contributed by atoms with Crippen molar-refractivity contribution < 1.29 is 9.53 Å². The van der Waals surface area contributed by atoms with Crippen LogP contribution in [0.4, 0.5) is 0 Å². The summed E-state index contributed by atoms with van der Waals surface area (Å²) in [5.74, 6) is 1.90. The molecule has 1 aliphatic carbocycles. The molecule has 4 nitrogen and oxygen atoms in total. The summed E-state index contributed by atoms with van der Waals surface area (Å²) < 4.78 is 7.68. The molecule has 0 spiro atoms. The number of fused-ring (bicyclic) bond motifs is 1. The van der Waals surface area contributed by atoms with Crippen LogP contribution in [0.3, 0.4) is 0 Å². The Morgan fingerprint density at radius 2 is 1.81 bits per heavy atom. The van der Waals surface area contributed by atoms with E-state index in [1.54, 1.807) is 14.0 Å². The number of imidazole rings is 1. The summed E-state index contributed by atoms with van der Waals surface area (Å²) >= 11 is 0. The van der Waals surface area contributed by atoms with Gasteiger partial charge < -0.3 is 9.30 Å². The van der Waals surface area contributed by atoms with Crippen LogP contribution in [0.15, 0.2) is 42.5 Å². The summed E-state index contributed by atoms with van der Waals surface area (Å²) in [5, 5.41) is 0. The van der Waals surface area contributed by atoms with Gasteiger partial charge in [-0.1, -0.05) is 19.3 Å². The normalized spacial score (nSPS) is 15.3. The number of methoxy groups -OCH3 is 1. The molecule has 4 heteroatoms. The fourth-order valence-electron chi connectivity index (χ4n) is 3.97. The first-order chi connectivity index (χ1) is 12.7. The number of carbonyl (C=O) groups excluding carboxylic acids is 1. The number of nitrogens with zero attached hydrogens (tertiary/aromatic N) is 2. The number of aromatic nitrogens is 2. The van der Waals surface area contributed by atoms with Crippen molar-refractivity contribution in [2.24, 2.45) is 0 Å². The van der Waals surface area contributed by atoms with Crippen molar-refractivity contribution in [3.05, 3.63) is 48.0 Å². The van der Waals surface area contributed by atoms with Gasteiger partial charge in [-0.3, -0.25) is 4.79 Å². The predicted molar refractivity (Wildman–Crippen MR) is 104 cm³/mol.